The molecule has 0 aromatic heterocycles. The average Bonchev–Trinajstić information content (AvgIpc) is 2.51. The van der Waals surface area contributed by atoms with Crippen molar-refractivity contribution in [3.63, 3.8) is 0 Å². The smallest absolute Gasteiger partial charge is 0.319 e. The number of benzene rings is 2. The van der Waals surface area contributed by atoms with Crippen molar-refractivity contribution < 1.29 is 14.7 Å². The predicted molar refractivity (Wildman–Crippen MR) is 90.0 cm³/mol. The van der Waals surface area contributed by atoms with Crippen LogP contribution in [0.4, 0.5) is 10.5 Å². The minimum absolute atomic E-state index is 0.0374. The molecule has 120 valence electrons. The molecular formula is C17H17ClN2O3. The second kappa shape index (κ2) is 8.19. The Labute approximate surface area is 139 Å². The number of carbonyl (C=O) groups excluding carboxylic acids is 1. The van der Waals surface area contributed by atoms with Gasteiger partial charge in [-0.3, -0.25) is 4.79 Å². The summed E-state index contributed by atoms with van der Waals surface area (Å²) in [6, 6.07) is 13.9. The molecule has 0 bridgehead atoms. The number of carboxylic acids is 1. The molecule has 5 nitrogen and oxygen atoms in total. The standard InChI is InChI=1S/C17H17ClN2O3/c18-15-4-2-1-3-13(15)9-10-19-17(23)20-14-7-5-12(6-8-14)11-16(21)22/h1-8H,9-11H2,(H,21,22)(H2,19,20,23). The van der Waals surface area contributed by atoms with Gasteiger partial charge >= 0.3 is 12.0 Å². The van der Waals surface area contributed by atoms with Gasteiger partial charge in [-0.05, 0) is 35.7 Å². The van der Waals surface area contributed by atoms with Crippen molar-refractivity contribution >= 4 is 29.3 Å². The molecule has 0 aliphatic rings. The van der Waals surface area contributed by atoms with Crippen molar-refractivity contribution in [2.75, 3.05) is 11.9 Å². The second-order valence-corrected chi connectivity index (χ2v) is 5.40. The van der Waals surface area contributed by atoms with E-state index in [1.807, 2.05) is 24.3 Å². The van der Waals surface area contributed by atoms with Gasteiger partial charge in [-0.25, -0.2) is 4.79 Å². The predicted octanol–water partition coefficient (Wildman–Crippen LogP) is 3.33. The fraction of sp³-hybridized carbons (Fsp3) is 0.176. The lowest BCUT2D eigenvalue weighted by Crippen LogP contribution is -2.30. The molecule has 2 rings (SSSR count). The van der Waals surface area contributed by atoms with Gasteiger partial charge in [0.2, 0.25) is 0 Å². The van der Waals surface area contributed by atoms with Crippen molar-refractivity contribution in [2.24, 2.45) is 0 Å². The first-order chi connectivity index (χ1) is 11.0. The molecule has 0 aliphatic carbocycles. The van der Waals surface area contributed by atoms with Gasteiger partial charge in [-0.15, -0.1) is 0 Å². The van der Waals surface area contributed by atoms with Gasteiger partial charge in [-0.1, -0.05) is 41.9 Å². The minimum atomic E-state index is -0.886. The third-order valence-corrected chi connectivity index (χ3v) is 3.57. The van der Waals surface area contributed by atoms with Crippen LogP contribution in [0, 0.1) is 0 Å². The molecule has 0 spiro atoms. The van der Waals surface area contributed by atoms with Gasteiger partial charge in [0, 0.05) is 17.3 Å². The Balaban J connectivity index is 1.78. The number of rotatable bonds is 6. The highest BCUT2D eigenvalue weighted by atomic mass is 35.5. The maximum absolute atomic E-state index is 11.8. The zero-order valence-electron chi connectivity index (χ0n) is 12.4. The van der Waals surface area contributed by atoms with Crippen LogP contribution in [0.3, 0.4) is 0 Å². The van der Waals surface area contributed by atoms with Gasteiger partial charge < -0.3 is 15.7 Å². The van der Waals surface area contributed by atoms with E-state index in [0.29, 0.717) is 29.2 Å². The number of hydrogen-bond donors (Lipinski definition) is 3. The largest absolute Gasteiger partial charge is 0.481 e. The summed E-state index contributed by atoms with van der Waals surface area (Å²) in [5, 5.41) is 14.8. The molecule has 0 radical (unpaired) electrons. The van der Waals surface area contributed by atoms with Crippen molar-refractivity contribution in [3.05, 3.63) is 64.7 Å². The Kier molecular flexibility index (Phi) is 6.00. The van der Waals surface area contributed by atoms with E-state index in [0.717, 1.165) is 5.56 Å². The number of carboxylic acid groups (broad SMARTS) is 1. The summed E-state index contributed by atoms with van der Waals surface area (Å²) in [6.45, 7) is 0.465. The molecule has 0 fully saturated rings. The average molecular weight is 333 g/mol. The van der Waals surface area contributed by atoms with Gasteiger partial charge in [0.25, 0.3) is 0 Å². The molecule has 2 aromatic carbocycles. The summed E-state index contributed by atoms with van der Waals surface area (Å²) in [4.78, 5) is 22.4. The number of halogens is 1. The quantitative estimate of drug-likeness (QED) is 0.759. The van der Waals surface area contributed by atoms with Crippen molar-refractivity contribution in [2.45, 2.75) is 12.8 Å². The fourth-order valence-electron chi connectivity index (χ4n) is 2.07. The molecule has 0 aliphatic heterocycles. The van der Waals surface area contributed by atoms with E-state index < -0.39 is 5.97 Å². The SMILES string of the molecule is O=C(O)Cc1ccc(NC(=O)NCCc2ccccc2Cl)cc1. The van der Waals surface area contributed by atoms with Crippen LogP contribution in [0.15, 0.2) is 48.5 Å². The summed E-state index contributed by atoms with van der Waals surface area (Å²) >= 11 is 6.05. The van der Waals surface area contributed by atoms with Crippen LogP contribution >= 0.6 is 11.6 Å². The zero-order valence-corrected chi connectivity index (χ0v) is 13.1. The summed E-state index contributed by atoms with van der Waals surface area (Å²) < 4.78 is 0. The monoisotopic (exact) mass is 332 g/mol. The molecule has 6 heteroatoms. The molecule has 0 unspecified atom stereocenters. The van der Waals surface area contributed by atoms with Gasteiger partial charge in [0.05, 0.1) is 6.42 Å². The molecule has 0 saturated carbocycles. The third kappa shape index (κ3) is 5.64. The van der Waals surface area contributed by atoms with Crippen LogP contribution in [-0.4, -0.2) is 23.7 Å². The Morgan fingerprint density at radius 1 is 1.04 bits per heavy atom. The number of hydrogen-bond acceptors (Lipinski definition) is 2. The first kappa shape index (κ1) is 16.8. The van der Waals surface area contributed by atoms with Crippen LogP contribution < -0.4 is 10.6 Å². The second-order valence-electron chi connectivity index (χ2n) is 4.99. The van der Waals surface area contributed by atoms with E-state index in [4.69, 9.17) is 16.7 Å². The highest BCUT2D eigenvalue weighted by Crippen LogP contribution is 2.15. The molecule has 2 aromatic rings. The summed E-state index contributed by atoms with van der Waals surface area (Å²) in [5.41, 5.74) is 2.27. The van der Waals surface area contributed by atoms with Crippen LogP contribution in [0.25, 0.3) is 0 Å². The Morgan fingerprint density at radius 2 is 1.74 bits per heavy atom. The third-order valence-electron chi connectivity index (χ3n) is 3.20. The Hall–Kier alpha value is -2.53. The Bertz CT molecular complexity index is 686. The van der Waals surface area contributed by atoms with Crippen LogP contribution in [0.2, 0.25) is 5.02 Å². The lowest BCUT2D eigenvalue weighted by molar-refractivity contribution is -0.136. The zero-order chi connectivity index (χ0) is 16.7. The fourth-order valence-corrected chi connectivity index (χ4v) is 2.30. The van der Waals surface area contributed by atoms with Crippen LogP contribution in [-0.2, 0) is 17.6 Å². The van der Waals surface area contributed by atoms with Gasteiger partial charge in [-0.2, -0.15) is 0 Å². The van der Waals surface area contributed by atoms with E-state index in [-0.39, 0.29) is 12.5 Å². The van der Waals surface area contributed by atoms with E-state index in [1.165, 1.54) is 0 Å². The highest BCUT2D eigenvalue weighted by Gasteiger charge is 2.04. The molecule has 23 heavy (non-hydrogen) atoms. The summed E-state index contributed by atoms with van der Waals surface area (Å²) in [5.74, 6) is -0.886. The van der Waals surface area contributed by atoms with Crippen molar-refractivity contribution in [1.29, 1.82) is 0 Å². The van der Waals surface area contributed by atoms with Gasteiger partial charge in [0.15, 0.2) is 0 Å². The number of nitrogens with one attached hydrogen (secondary N) is 2. The number of urea groups is 1. The number of aliphatic carboxylic acids is 1. The maximum Gasteiger partial charge on any atom is 0.319 e. The van der Waals surface area contributed by atoms with E-state index in [9.17, 15) is 9.59 Å². The summed E-state index contributed by atoms with van der Waals surface area (Å²) in [7, 11) is 0. The highest BCUT2D eigenvalue weighted by molar-refractivity contribution is 6.31. The molecule has 0 saturated heterocycles. The minimum Gasteiger partial charge on any atom is -0.481 e. The molecule has 3 N–H and O–H groups in total. The van der Waals surface area contributed by atoms with Crippen molar-refractivity contribution in [3.8, 4) is 0 Å². The molecule has 0 atom stereocenters. The van der Waals surface area contributed by atoms with E-state index in [2.05, 4.69) is 10.6 Å². The lowest BCUT2D eigenvalue weighted by atomic mass is 10.1. The maximum atomic E-state index is 11.8. The normalized spacial score (nSPS) is 10.1. The number of amides is 2. The lowest BCUT2D eigenvalue weighted by Gasteiger charge is -2.09. The van der Waals surface area contributed by atoms with Gasteiger partial charge in [0.1, 0.15) is 0 Å². The van der Waals surface area contributed by atoms with E-state index >= 15 is 0 Å². The van der Waals surface area contributed by atoms with Crippen molar-refractivity contribution in [1.82, 2.24) is 5.32 Å². The Morgan fingerprint density at radius 3 is 2.39 bits per heavy atom. The van der Waals surface area contributed by atoms with E-state index in [1.54, 1.807) is 24.3 Å². The molecule has 2 amide bonds. The van der Waals surface area contributed by atoms with Crippen LogP contribution in [0.1, 0.15) is 11.1 Å². The summed E-state index contributed by atoms with van der Waals surface area (Å²) in [6.07, 6.45) is 0.606. The van der Waals surface area contributed by atoms with Crippen LogP contribution in [0.5, 0.6) is 0 Å². The first-order valence-electron chi connectivity index (χ1n) is 7.13. The first-order valence-corrected chi connectivity index (χ1v) is 7.51. The number of anilines is 1. The number of carbonyl (C=O) groups is 2. The molecule has 0 heterocycles. The topological polar surface area (TPSA) is 78.4 Å². The molecular weight excluding hydrogens is 316 g/mol.